The molecule has 3 heteroatoms. The Balaban J connectivity index is 1.15. The van der Waals surface area contributed by atoms with E-state index in [4.69, 9.17) is 8.83 Å². The maximum atomic E-state index is 6.92. The molecule has 3 nitrogen and oxygen atoms in total. The Kier molecular flexibility index (Phi) is 7.52. The smallest absolute Gasteiger partial charge is 0.149 e. The lowest BCUT2D eigenvalue weighted by Gasteiger charge is -2.34. The first kappa shape index (κ1) is 34.7. The largest absolute Gasteiger partial charge is 0.456 e. The van der Waals surface area contributed by atoms with Gasteiger partial charge in [0, 0.05) is 28.1 Å². The van der Waals surface area contributed by atoms with E-state index in [1.807, 2.05) is 18.2 Å². The minimum absolute atomic E-state index is 0.561. The first-order valence-corrected chi connectivity index (χ1v) is 21.3. The maximum absolute atomic E-state index is 6.92. The van der Waals surface area contributed by atoms with E-state index in [-0.39, 0.29) is 0 Å². The van der Waals surface area contributed by atoms with E-state index in [0.29, 0.717) is 0 Å². The molecule has 2 aromatic heterocycles. The quantitative estimate of drug-likeness (QED) is 0.168. The monoisotopic (exact) mass is 791 g/mol. The van der Waals surface area contributed by atoms with Crippen molar-refractivity contribution in [3.8, 4) is 22.3 Å². The Morgan fingerprint density at radius 1 is 0.371 bits per heavy atom. The van der Waals surface area contributed by atoms with E-state index in [2.05, 4.69) is 211 Å². The molecule has 12 aromatic rings. The number of furan rings is 2. The lowest BCUT2D eigenvalue weighted by Crippen LogP contribution is -2.28. The van der Waals surface area contributed by atoms with E-state index >= 15 is 0 Å². The highest BCUT2D eigenvalue weighted by atomic mass is 16.3. The molecular formula is C59H37NO2. The molecule has 0 unspecified atom stereocenters. The van der Waals surface area contributed by atoms with Gasteiger partial charge in [0.2, 0.25) is 0 Å². The SMILES string of the molecule is c1ccc(C2(c3ccccc3)c3ccccc3-c3c(N(c4ccc(-c5cccc6ccccc56)cc4)c4cc5oc6ccccc6c5c5oc6ccccc6c45)cccc32)cc1. The number of rotatable bonds is 6. The van der Waals surface area contributed by atoms with Gasteiger partial charge in [0.25, 0.3) is 0 Å². The summed E-state index contributed by atoms with van der Waals surface area (Å²) in [7, 11) is 0. The summed E-state index contributed by atoms with van der Waals surface area (Å²) in [4.78, 5) is 2.45. The first-order chi connectivity index (χ1) is 30.8. The van der Waals surface area contributed by atoms with Crippen molar-refractivity contribution in [2.45, 2.75) is 5.41 Å². The van der Waals surface area contributed by atoms with Crippen molar-refractivity contribution >= 4 is 71.7 Å². The number of hydrogen-bond acceptors (Lipinski definition) is 3. The zero-order valence-corrected chi connectivity index (χ0v) is 33.6. The average molecular weight is 792 g/mol. The van der Waals surface area contributed by atoms with Gasteiger partial charge in [-0.1, -0.05) is 188 Å². The van der Waals surface area contributed by atoms with E-state index in [0.717, 1.165) is 66.5 Å². The molecule has 0 fully saturated rings. The maximum Gasteiger partial charge on any atom is 0.149 e. The van der Waals surface area contributed by atoms with Gasteiger partial charge < -0.3 is 13.7 Å². The molecule has 10 aromatic carbocycles. The summed E-state index contributed by atoms with van der Waals surface area (Å²) in [6.45, 7) is 0. The third-order valence-corrected chi connectivity index (χ3v) is 13.1. The van der Waals surface area contributed by atoms with Crippen molar-refractivity contribution in [1.82, 2.24) is 0 Å². The van der Waals surface area contributed by atoms with Crippen LogP contribution in [0.25, 0.3) is 76.9 Å². The summed E-state index contributed by atoms with van der Waals surface area (Å²) in [6, 6.07) is 81.0. The molecule has 0 N–H and O–H groups in total. The van der Waals surface area contributed by atoms with Gasteiger partial charge in [-0.2, -0.15) is 0 Å². The second kappa shape index (κ2) is 13.4. The van der Waals surface area contributed by atoms with E-state index in [1.165, 1.54) is 49.7 Å². The topological polar surface area (TPSA) is 29.5 Å². The Labute approximate surface area is 358 Å². The fraction of sp³-hybridized carbons (Fsp3) is 0.0169. The van der Waals surface area contributed by atoms with Crippen molar-refractivity contribution in [3.05, 3.63) is 247 Å². The highest BCUT2D eigenvalue weighted by Gasteiger charge is 2.47. The number of benzene rings is 10. The number of para-hydroxylation sites is 2. The molecule has 0 aliphatic heterocycles. The molecule has 0 spiro atoms. The Morgan fingerprint density at radius 2 is 0.935 bits per heavy atom. The fourth-order valence-corrected chi connectivity index (χ4v) is 10.6. The third kappa shape index (κ3) is 4.88. The van der Waals surface area contributed by atoms with Crippen LogP contribution >= 0.6 is 0 Å². The van der Waals surface area contributed by atoms with Crippen LogP contribution in [-0.4, -0.2) is 0 Å². The summed E-state index contributed by atoms with van der Waals surface area (Å²) in [6.07, 6.45) is 0. The summed E-state index contributed by atoms with van der Waals surface area (Å²) in [5.41, 5.74) is 15.5. The Morgan fingerprint density at radius 3 is 1.69 bits per heavy atom. The van der Waals surface area contributed by atoms with Crippen LogP contribution in [0.3, 0.4) is 0 Å². The molecule has 0 saturated heterocycles. The number of fused-ring (bicyclic) bond motifs is 11. The molecule has 1 aliphatic rings. The van der Waals surface area contributed by atoms with Gasteiger partial charge >= 0.3 is 0 Å². The van der Waals surface area contributed by atoms with Crippen LogP contribution in [0, 0.1) is 0 Å². The fourth-order valence-electron chi connectivity index (χ4n) is 10.6. The van der Waals surface area contributed by atoms with Crippen LogP contribution < -0.4 is 4.90 Å². The summed E-state index contributed by atoms with van der Waals surface area (Å²) < 4.78 is 13.7. The first-order valence-electron chi connectivity index (χ1n) is 21.3. The number of hydrogen-bond donors (Lipinski definition) is 0. The molecule has 2 heterocycles. The van der Waals surface area contributed by atoms with E-state index in [9.17, 15) is 0 Å². The molecule has 0 amide bonds. The van der Waals surface area contributed by atoms with Crippen LogP contribution in [-0.2, 0) is 5.41 Å². The van der Waals surface area contributed by atoms with Gasteiger partial charge in [-0.05, 0) is 80.0 Å². The summed E-state index contributed by atoms with van der Waals surface area (Å²) >= 11 is 0. The third-order valence-electron chi connectivity index (χ3n) is 13.1. The normalized spacial score (nSPS) is 13.0. The van der Waals surface area contributed by atoms with Crippen molar-refractivity contribution in [3.63, 3.8) is 0 Å². The van der Waals surface area contributed by atoms with Gasteiger partial charge in [-0.3, -0.25) is 0 Å². The Hall–Kier alpha value is -8.14. The molecule has 290 valence electrons. The summed E-state index contributed by atoms with van der Waals surface area (Å²) in [5, 5.41) is 6.57. The van der Waals surface area contributed by atoms with Gasteiger partial charge in [-0.15, -0.1) is 0 Å². The van der Waals surface area contributed by atoms with Crippen molar-refractivity contribution in [2.75, 3.05) is 4.90 Å². The minimum atomic E-state index is -0.561. The van der Waals surface area contributed by atoms with E-state index < -0.39 is 5.41 Å². The number of anilines is 3. The molecule has 0 atom stereocenters. The predicted octanol–water partition coefficient (Wildman–Crippen LogP) is 16.1. The van der Waals surface area contributed by atoms with E-state index in [1.54, 1.807) is 0 Å². The lowest BCUT2D eigenvalue weighted by molar-refractivity contribution is 0.663. The second-order valence-electron chi connectivity index (χ2n) is 16.3. The molecular weight excluding hydrogens is 755 g/mol. The zero-order valence-electron chi connectivity index (χ0n) is 33.6. The predicted molar refractivity (Wildman–Crippen MR) is 256 cm³/mol. The van der Waals surface area contributed by atoms with Crippen molar-refractivity contribution in [2.24, 2.45) is 0 Å². The molecule has 0 bridgehead atoms. The van der Waals surface area contributed by atoms with Crippen LogP contribution in [0.2, 0.25) is 0 Å². The van der Waals surface area contributed by atoms with Crippen LogP contribution in [0.4, 0.5) is 17.1 Å². The van der Waals surface area contributed by atoms with Crippen molar-refractivity contribution in [1.29, 1.82) is 0 Å². The number of nitrogens with zero attached hydrogens (tertiary/aromatic N) is 1. The van der Waals surface area contributed by atoms with Gasteiger partial charge in [0.15, 0.2) is 0 Å². The van der Waals surface area contributed by atoms with Crippen LogP contribution in [0.15, 0.2) is 233 Å². The highest BCUT2D eigenvalue weighted by Crippen LogP contribution is 2.60. The summed E-state index contributed by atoms with van der Waals surface area (Å²) in [5.74, 6) is 0. The standard InChI is InChI=1S/C59H37NO2/c1-3-19-40(20-4-1)59(41-21-5-2-6-22-41)48-28-12-9-24-45(48)55-49(59)29-16-30-50(55)60(42-35-33-39(34-36-42)44-27-15-18-38-17-7-8-23-43(38)44)51-37-54-57(47-26-11-13-31-52(47)61-54)58-56(51)46-25-10-14-32-53(46)62-58/h1-37H. The van der Waals surface area contributed by atoms with Gasteiger partial charge in [0.1, 0.15) is 22.3 Å². The molecule has 0 radical (unpaired) electrons. The Bertz CT molecular complexity index is 3650. The molecule has 1 aliphatic carbocycles. The van der Waals surface area contributed by atoms with Crippen LogP contribution in [0.1, 0.15) is 22.3 Å². The lowest BCUT2D eigenvalue weighted by atomic mass is 9.68. The van der Waals surface area contributed by atoms with Gasteiger partial charge in [0.05, 0.1) is 27.6 Å². The zero-order chi connectivity index (χ0) is 40.8. The van der Waals surface area contributed by atoms with Crippen molar-refractivity contribution < 1.29 is 8.83 Å². The highest BCUT2D eigenvalue weighted by molar-refractivity contribution is 6.27. The van der Waals surface area contributed by atoms with Crippen LogP contribution in [0.5, 0.6) is 0 Å². The second-order valence-corrected chi connectivity index (χ2v) is 16.3. The molecule has 13 rings (SSSR count). The minimum Gasteiger partial charge on any atom is -0.456 e. The molecule has 62 heavy (non-hydrogen) atoms. The molecule has 0 saturated carbocycles. The van der Waals surface area contributed by atoms with Gasteiger partial charge in [-0.25, -0.2) is 0 Å². The average Bonchev–Trinajstić information content (AvgIpc) is 4.01.